The molecule has 0 amide bonds. The van der Waals surface area contributed by atoms with Crippen LogP contribution in [0.25, 0.3) is 0 Å². The molecule has 0 spiro atoms. The minimum atomic E-state index is -0.548. The van der Waals surface area contributed by atoms with E-state index in [0.29, 0.717) is 0 Å². The SMILES string of the molecule is COC(=O)CN(CC(=O)OC)CC(=O)OC. The fourth-order valence-corrected chi connectivity index (χ4v) is 0.909. The molecule has 0 heterocycles. The van der Waals surface area contributed by atoms with Crippen molar-refractivity contribution in [2.75, 3.05) is 41.0 Å². The van der Waals surface area contributed by atoms with Crippen molar-refractivity contribution in [2.45, 2.75) is 0 Å². The van der Waals surface area contributed by atoms with Gasteiger partial charge in [-0.1, -0.05) is 0 Å². The summed E-state index contributed by atoms with van der Waals surface area (Å²) in [6.45, 7) is -0.540. The van der Waals surface area contributed by atoms with E-state index in [1.54, 1.807) is 0 Å². The largest absolute Gasteiger partial charge is 0.468 e. The number of ether oxygens (including phenoxy) is 3. The fourth-order valence-electron chi connectivity index (χ4n) is 0.909. The van der Waals surface area contributed by atoms with Crippen molar-refractivity contribution in [2.24, 2.45) is 0 Å². The number of rotatable bonds is 6. The second-order valence-corrected chi connectivity index (χ2v) is 2.87. The van der Waals surface area contributed by atoms with Crippen LogP contribution < -0.4 is 0 Å². The van der Waals surface area contributed by atoms with E-state index < -0.39 is 17.9 Å². The van der Waals surface area contributed by atoms with Gasteiger partial charge in [0.1, 0.15) is 0 Å². The van der Waals surface area contributed by atoms with Gasteiger partial charge in [-0.05, 0) is 0 Å². The van der Waals surface area contributed by atoms with Gasteiger partial charge in [0.05, 0.1) is 41.0 Å². The third kappa shape index (κ3) is 5.97. The van der Waals surface area contributed by atoms with Crippen LogP contribution in [-0.4, -0.2) is 63.8 Å². The first-order valence-electron chi connectivity index (χ1n) is 4.46. The summed E-state index contributed by atoms with van der Waals surface area (Å²) in [6, 6.07) is 0. The summed E-state index contributed by atoms with van der Waals surface area (Å²) in [4.78, 5) is 34.2. The molecule has 0 radical (unpaired) electrons. The maximum absolute atomic E-state index is 11.0. The molecule has 0 aromatic heterocycles. The molecule has 0 aliphatic heterocycles. The van der Waals surface area contributed by atoms with E-state index in [9.17, 15) is 14.4 Å². The Hall–Kier alpha value is -1.63. The van der Waals surface area contributed by atoms with Crippen LogP contribution in [0.15, 0.2) is 0 Å². The third-order valence-corrected chi connectivity index (χ3v) is 1.74. The van der Waals surface area contributed by atoms with Crippen LogP contribution in [0.3, 0.4) is 0 Å². The van der Waals surface area contributed by atoms with E-state index in [2.05, 4.69) is 14.2 Å². The van der Waals surface area contributed by atoms with E-state index in [4.69, 9.17) is 0 Å². The third-order valence-electron chi connectivity index (χ3n) is 1.74. The summed E-state index contributed by atoms with van der Waals surface area (Å²) < 4.78 is 13.3. The highest BCUT2D eigenvalue weighted by molar-refractivity contribution is 5.77. The normalized spacial score (nSPS) is 9.75. The van der Waals surface area contributed by atoms with Crippen LogP contribution in [0, 0.1) is 0 Å². The molecule has 7 heteroatoms. The van der Waals surface area contributed by atoms with Crippen LogP contribution in [0.5, 0.6) is 0 Å². The van der Waals surface area contributed by atoms with Crippen molar-refractivity contribution in [3.63, 3.8) is 0 Å². The molecule has 0 unspecified atom stereocenters. The van der Waals surface area contributed by atoms with Crippen LogP contribution in [0.2, 0.25) is 0 Å². The number of hydrogen-bond donors (Lipinski definition) is 0. The highest BCUT2D eigenvalue weighted by atomic mass is 16.5. The van der Waals surface area contributed by atoms with Crippen LogP contribution in [0.1, 0.15) is 0 Å². The summed E-state index contributed by atoms with van der Waals surface area (Å²) in [5.41, 5.74) is 0. The number of methoxy groups -OCH3 is 3. The number of carbonyl (C=O) groups is 3. The molecule has 0 bridgehead atoms. The molecule has 0 N–H and O–H groups in total. The Labute approximate surface area is 93.2 Å². The van der Waals surface area contributed by atoms with Crippen molar-refractivity contribution in [1.29, 1.82) is 0 Å². The van der Waals surface area contributed by atoms with E-state index in [-0.39, 0.29) is 19.6 Å². The number of carbonyl (C=O) groups excluding carboxylic acids is 3. The van der Waals surface area contributed by atoms with Crippen molar-refractivity contribution in [3.05, 3.63) is 0 Å². The summed E-state index contributed by atoms with van der Waals surface area (Å²) >= 11 is 0. The number of hydrogen-bond acceptors (Lipinski definition) is 7. The standard InChI is InChI=1S/C9H15NO6/c1-14-7(11)4-10(5-8(12)15-2)6-9(13)16-3/h4-6H2,1-3H3. The minimum Gasteiger partial charge on any atom is -0.468 e. The molecule has 0 fully saturated rings. The highest BCUT2D eigenvalue weighted by Gasteiger charge is 2.18. The topological polar surface area (TPSA) is 82.1 Å². The van der Waals surface area contributed by atoms with Crippen LogP contribution in [0.4, 0.5) is 0 Å². The van der Waals surface area contributed by atoms with Gasteiger partial charge in [-0.2, -0.15) is 0 Å². The second-order valence-electron chi connectivity index (χ2n) is 2.87. The van der Waals surface area contributed by atoms with Gasteiger partial charge in [0.25, 0.3) is 0 Å². The number of nitrogens with zero attached hydrogens (tertiary/aromatic N) is 1. The van der Waals surface area contributed by atoms with Gasteiger partial charge in [0, 0.05) is 0 Å². The zero-order valence-corrected chi connectivity index (χ0v) is 9.52. The maximum Gasteiger partial charge on any atom is 0.319 e. The molecule has 0 aliphatic carbocycles. The molecule has 16 heavy (non-hydrogen) atoms. The van der Waals surface area contributed by atoms with Gasteiger partial charge < -0.3 is 14.2 Å². The van der Waals surface area contributed by atoms with Gasteiger partial charge >= 0.3 is 17.9 Å². The van der Waals surface area contributed by atoms with Gasteiger partial charge in [-0.25, -0.2) is 0 Å². The van der Waals surface area contributed by atoms with Gasteiger partial charge in [0.15, 0.2) is 0 Å². The highest BCUT2D eigenvalue weighted by Crippen LogP contribution is 1.92. The molecule has 0 saturated carbocycles. The first-order valence-corrected chi connectivity index (χ1v) is 4.46. The Morgan fingerprint density at radius 3 is 1.19 bits per heavy atom. The molecule has 0 aromatic carbocycles. The molecular weight excluding hydrogens is 218 g/mol. The van der Waals surface area contributed by atoms with E-state index in [1.807, 2.05) is 0 Å². The molecular formula is C9H15NO6. The Bertz CT molecular complexity index is 222. The molecule has 0 saturated heterocycles. The summed E-state index contributed by atoms with van der Waals surface area (Å²) in [6.07, 6.45) is 0. The first kappa shape index (κ1) is 14.4. The molecule has 92 valence electrons. The van der Waals surface area contributed by atoms with Crippen molar-refractivity contribution >= 4 is 17.9 Å². The zero-order chi connectivity index (χ0) is 12.6. The average molecular weight is 233 g/mol. The van der Waals surface area contributed by atoms with Crippen molar-refractivity contribution in [3.8, 4) is 0 Å². The lowest BCUT2D eigenvalue weighted by molar-refractivity contribution is -0.148. The number of esters is 3. The van der Waals surface area contributed by atoms with E-state index in [0.717, 1.165) is 0 Å². The molecule has 0 rings (SSSR count). The molecule has 7 nitrogen and oxygen atoms in total. The molecule has 0 aliphatic rings. The maximum atomic E-state index is 11.0. The predicted molar refractivity (Wildman–Crippen MR) is 52.5 cm³/mol. The quantitative estimate of drug-likeness (QED) is 0.421. The minimum absolute atomic E-state index is 0.180. The summed E-state index contributed by atoms with van der Waals surface area (Å²) in [7, 11) is 3.66. The fraction of sp³-hybridized carbons (Fsp3) is 0.667. The Balaban J connectivity index is 4.31. The Kier molecular flexibility index (Phi) is 6.86. The smallest absolute Gasteiger partial charge is 0.319 e. The van der Waals surface area contributed by atoms with Gasteiger partial charge in [-0.3, -0.25) is 19.3 Å². The van der Waals surface area contributed by atoms with E-state index >= 15 is 0 Å². The van der Waals surface area contributed by atoms with Crippen molar-refractivity contribution < 1.29 is 28.6 Å². The summed E-state index contributed by atoms with van der Waals surface area (Å²) in [5.74, 6) is -1.64. The monoisotopic (exact) mass is 233 g/mol. The summed E-state index contributed by atoms with van der Waals surface area (Å²) in [5, 5.41) is 0. The average Bonchev–Trinajstić information content (AvgIpc) is 2.28. The van der Waals surface area contributed by atoms with E-state index in [1.165, 1.54) is 26.2 Å². The lowest BCUT2D eigenvalue weighted by atomic mass is 10.4. The lowest BCUT2D eigenvalue weighted by Crippen LogP contribution is -2.39. The lowest BCUT2D eigenvalue weighted by Gasteiger charge is -2.17. The predicted octanol–water partition coefficient (Wildman–Crippen LogP) is -1.19. The second kappa shape index (κ2) is 7.63. The van der Waals surface area contributed by atoms with Crippen molar-refractivity contribution in [1.82, 2.24) is 4.90 Å². The Morgan fingerprint density at radius 1 is 0.750 bits per heavy atom. The first-order chi connectivity index (χ1) is 7.53. The molecule has 0 atom stereocenters. The van der Waals surface area contributed by atoms with Gasteiger partial charge in [-0.15, -0.1) is 0 Å². The molecule has 0 aromatic rings. The van der Waals surface area contributed by atoms with Gasteiger partial charge in [0.2, 0.25) is 0 Å². The Morgan fingerprint density at radius 2 is 1.00 bits per heavy atom. The zero-order valence-electron chi connectivity index (χ0n) is 9.52. The van der Waals surface area contributed by atoms with Crippen LogP contribution >= 0.6 is 0 Å². The van der Waals surface area contributed by atoms with Crippen LogP contribution in [-0.2, 0) is 28.6 Å².